The largest absolute Gasteiger partial charge is 0.474 e. The molecule has 1 rings (SSSR count). The summed E-state index contributed by atoms with van der Waals surface area (Å²) in [5, 5.41) is 0.510. The lowest BCUT2D eigenvalue weighted by molar-refractivity contribution is -0.138. The standard InChI is InChI=1S/C38H64BrO6P/c1-7-8-9-10-11-12-13-14-15-16-17-18-28-43-46(41,44-29-27-39)45-31-30-42-37(40)32-34(3)22-19-21-33(2)24-25-36-35(4)23-20-26-38(36,5)6/h19,21-22,24-25,32H,7-18,20,23,26-31H2,1-6H3/b22-19+,25-24+,33-21+,34-32+. The van der Waals surface area contributed by atoms with Crippen LogP contribution in [-0.4, -0.2) is 37.7 Å². The molecule has 264 valence electrons. The molecule has 46 heavy (non-hydrogen) atoms. The summed E-state index contributed by atoms with van der Waals surface area (Å²) in [6, 6.07) is 0. The normalized spacial score (nSPS) is 17.3. The van der Waals surface area contributed by atoms with Crippen molar-refractivity contribution in [3.8, 4) is 0 Å². The third kappa shape index (κ3) is 20.9. The fourth-order valence-corrected chi connectivity index (χ4v) is 7.18. The van der Waals surface area contributed by atoms with Crippen LogP contribution in [0.2, 0.25) is 0 Å². The van der Waals surface area contributed by atoms with Gasteiger partial charge in [-0.25, -0.2) is 9.36 Å². The van der Waals surface area contributed by atoms with Gasteiger partial charge in [0.15, 0.2) is 0 Å². The summed E-state index contributed by atoms with van der Waals surface area (Å²) >= 11 is 3.28. The van der Waals surface area contributed by atoms with Crippen LogP contribution in [0, 0.1) is 5.41 Å². The highest BCUT2D eigenvalue weighted by atomic mass is 79.9. The summed E-state index contributed by atoms with van der Waals surface area (Å²) in [5.74, 6) is -0.484. The first kappa shape index (κ1) is 42.8. The Labute approximate surface area is 290 Å². The zero-order chi connectivity index (χ0) is 34.1. The minimum Gasteiger partial charge on any atom is -0.460 e. The minimum atomic E-state index is -3.72. The lowest BCUT2D eigenvalue weighted by atomic mass is 9.72. The molecule has 0 spiro atoms. The van der Waals surface area contributed by atoms with Crippen LogP contribution in [0.25, 0.3) is 0 Å². The number of phosphoric ester groups is 1. The van der Waals surface area contributed by atoms with Gasteiger partial charge in [0.1, 0.15) is 6.61 Å². The van der Waals surface area contributed by atoms with Crippen molar-refractivity contribution >= 4 is 29.7 Å². The fraction of sp³-hybridized carbons (Fsp3) is 0.711. The molecule has 0 fully saturated rings. The van der Waals surface area contributed by atoms with Crippen molar-refractivity contribution in [2.45, 2.75) is 138 Å². The fourth-order valence-electron chi connectivity index (χ4n) is 5.58. The average molecular weight is 728 g/mol. The van der Waals surface area contributed by atoms with E-state index in [1.807, 2.05) is 25.2 Å². The first-order valence-electron chi connectivity index (χ1n) is 17.7. The third-order valence-electron chi connectivity index (χ3n) is 8.27. The Morgan fingerprint density at radius 1 is 0.826 bits per heavy atom. The number of esters is 1. The van der Waals surface area contributed by atoms with Crippen molar-refractivity contribution in [2.24, 2.45) is 5.41 Å². The van der Waals surface area contributed by atoms with Crippen molar-refractivity contribution in [2.75, 3.05) is 31.8 Å². The number of ether oxygens (including phenoxy) is 1. The number of allylic oxidation sites excluding steroid dienone is 9. The van der Waals surface area contributed by atoms with E-state index in [1.54, 1.807) is 0 Å². The molecule has 6 nitrogen and oxygen atoms in total. The van der Waals surface area contributed by atoms with Gasteiger partial charge in [0.05, 0.1) is 19.8 Å². The molecule has 0 bridgehead atoms. The highest BCUT2D eigenvalue weighted by molar-refractivity contribution is 9.09. The van der Waals surface area contributed by atoms with Gasteiger partial charge in [-0.2, -0.15) is 0 Å². The van der Waals surface area contributed by atoms with Crippen LogP contribution >= 0.6 is 23.8 Å². The van der Waals surface area contributed by atoms with Crippen LogP contribution in [0.5, 0.6) is 0 Å². The van der Waals surface area contributed by atoms with Gasteiger partial charge < -0.3 is 4.74 Å². The maximum Gasteiger partial charge on any atom is 0.474 e. The SMILES string of the molecule is CCCCCCCCCCCCCCOP(=O)(OCCBr)OCCOC(=O)/C=C(C)/C=C/C=C(C)/C=C/C1=C(C)CCCC1(C)C. The Morgan fingerprint density at radius 3 is 2.02 bits per heavy atom. The zero-order valence-corrected chi connectivity index (χ0v) is 32.4. The minimum absolute atomic E-state index is 0.0502. The lowest BCUT2D eigenvalue weighted by Crippen LogP contribution is -2.19. The van der Waals surface area contributed by atoms with Crippen LogP contribution in [0.15, 0.2) is 58.7 Å². The molecule has 0 saturated heterocycles. The first-order chi connectivity index (χ1) is 22.0. The van der Waals surface area contributed by atoms with Crippen LogP contribution in [-0.2, 0) is 27.7 Å². The molecule has 1 atom stereocenters. The molecule has 0 amide bonds. The molecule has 0 N–H and O–H groups in total. The maximum absolute atomic E-state index is 13.0. The maximum atomic E-state index is 13.0. The van der Waals surface area contributed by atoms with Gasteiger partial charge in [-0.05, 0) is 63.0 Å². The van der Waals surface area contributed by atoms with Crippen molar-refractivity contribution < 1.29 is 27.7 Å². The van der Waals surface area contributed by atoms with E-state index in [1.165, 1.54) is 94.3 Å². The van der Waals surface area contributed by atoms with Crippen molar-refractivity contribution in [3.05, 3.63) is 58.7 Å². The highest BCUT2D eigenvalue weighted by Crippen LogP contribution is 2.49. The van der Waals surface area contributed by atoms with Gasteiger partial charge >= 0.3 is 13.8 Å². The third-order valence-corrected chi connectivity index (χ3v) is 10.1. The topological polar surface area (TPSA) is 71.1 Å². The quantitative estimate of drug-likeness (QED) is 0.0221. The zero-order valence-electron chi connectivity index (χ0n) is 29.9. The van der Waals surface area contributed by atoms with Crippen LogP contribution in [0.4, 0.5) is 0 Å². The van der Waals surface area contributed by atoms with Gasteiger partial charge in [-0.15, -0.1) is 0 Å². The summed E-state index contributed by atoms with van der Waals surface area (Å²) in [6.45, 7) is 13.4. The molecule has 0 aromatic carbocycles. The molecule has 1 aliphatic rings. The summed E-state index contributed by atoms with van der Waals surface area (Å²) in [5.41, 5.74) is 5.04. The van der Waals surface area contributed by atoms with E-state index in [2.05, 4.69) is 62.7 Å². The first-order valence-corrected chi connectivity index (χ1v) is 20.3. The number of halogens is 1. The Bertz CT molecular complexity index is 1060. The smallest absolute Gasteiger partial charge is 0.460 e. The van der Waals surface area contributed by atoms with Crippen molar-refractivity contribution in [1.82, 2.24) is 0 Å². The summed E-state index contributed by atoms with van der Waals surface area (Å²) < 4.78 is 34.6. The van der Waals surface area contributed by atoms with E-state index in [4.69, 9.17) is 18.3 Å². The van der Waals surface area contributed by atoms with Crippen molar-refractivity contribution in [1.29, 1.82) is 0 Å². The number of rotatable bonds is 26. The van der Waals surface area contributed by atoms with E-state index in [-0.39, 0.29) is 25.2 Å². The van der Waals surface area contributed by atoms with Gasteiger partial charge in [0.25, 0.3) is 0 Å². The molecule has 0 aromatic rings. The summed E-state index contributed by atoms with van der Waals surface area (Å²) in [7, 11) is -3.72. The number of carbonyl (C=O) groups excluding carboxylic acids is 1. The van der Waals surface area contributed by atoms with Gasteiger partial charge in [0, 0.05) is 11.4 Å². The molecule has 0 radical (unpaired) electrons. The van der Waals surface area contributed by atoms with E-state index >= 15 is 0 Å². The molecule has 0 heterocycles. The monoisotopic (exact) mass is 726 g/mol. The number of hydrogen-bond acceptors (Lipinski definition) is 6. The number of alkyl halides is 1. The van der Waals surface area contributed by atoms with E-state index in [0.29, 0.717) is 11.9 Å². The predicted molar refractivity (Wildman–Crippen MR) is 197 cm³/mol. The van der Waals surface area contributed by atoms with Crippen molar-refractivity contribution in [3.63, 3.8) is 0 Å². The van der Waals surface area contributed by atoms with E-state index < -0.39 is 13.8 Å². The molecular weight excluding hydrogens is 663 g/mol. The number of unbranched alkanes of at least 4 members (excludes halogenated alkanes) is 11. The molecule has 0 aliphatic heterocycles. The van der Waals surface area contributed by atoms with E-state index in [9.17, 15) is 9.36 Å². The Kier molecular flexibility index (Phi) is 23.9. The molecule has 0 saturated carbocycles. The summed E-state index contributed by atoms with van der Waals surface area (Å²) in [6.07, 6.45) is 30.2. The van der Waals surface area contributed by atoms with Gasteiger partial charge in [-0.3, -0.25) is 13.6 Å². The molecule has 8 heteroatoms. The van der Waals surface area contributed by atoms with Crippen LogP contribution < -0.4 is 0 Å². The number of carbonyl (C=O) groups is 1. The van der Waals surface area contributed by atoms with Crippen LogP contribution in [0.3, 0.4) is 0 Å². The second kappa shape index (κ2) is 25.7. The van der Waals surface area contributed by atoms with E-state index in [0.717, 1.165) is 30.4 Å². The van der Waals surface area contributed by atoms with Crippen LogP contribution in [0.1, 0.15) is 138 Å². The Morgan fingerprint density at radius 2 is 1.41 bits per heavy atom. The summed E-state index contributed by atoms with van der Waals surface area (Å²) in [4.78, 5) is 12.3. The second-order valence-corrected chi connectivity index (χ2v) is 15.6. The lowest BCUT2D eigenvalue weighted by Gasteiger charge is -2.32. The Balaban J connectivity index is 2.34. The highest BCUT2D eigenvalue weighted by Gasteiger charge is 2.27. The van der Waals surface area contributed by atoms with Gasteiger partial charge in [0.2, 0.25) is 0 Å². The predicted octanol–water partition coefficient (Wildman–Crippen LogP) is 12.3. The molecular formula is C38H64BrO6P. The average Bonchev–Trinajstić information content (AvgIpc) is 3.00. The number of hydrogen-bond donors (Lipinski definition) is 0. The Hall–Kier alpha value is -1.24. The molecule has 0 aromatic heterocycles. The number of phosphoric acid groups is 1. The molecule has 1 aliphatic carbocycles. The second-order valence-electron chi connectivity index (χ2n) is 13.1. The van der Waals surface area contributed by atoms with Gasteiger partial charge in [-0.1, -0.05) is 149 Å². The molecule has 1 unspecified atom stereocenters.